The van der Waals surface area contributed by atoms with Gasteiger partial charge in [-0.25, -0.2) is 15.0 Å². The van der Waals surface area contributed by atoms with Crippen molar-refractivity contribution < 1.29 is 0 Å². The molecule has 0 aliphatic rings. The average Bonchev–Trinajstić information content (AvgIpc) is 3.69. The van der Waals surface area contributed by atoms with Crippen molar-refractivity contribution in [3.05, 3.63) is 115 Å². The molecule has 9 aromatic rings. The number of nitrogens with zero attached hydrogens (tertiary/aromatic N) is 4. The van der Waals surface area contributed by atoms with E-state index < -0.39 is 0 Å². The first-order chi connectivity index (χ1) is 23.9. The maximum Gasteiger partial charge on any atom is 0.164 e. The first kappa shape index (κ1) is 29.8. The van der Waals surface area contributed by atoms with Crippen LogP contribution in [0.15, 0.2) is 115 Å². The largest absolute Gasteiger partial charge is 0.309 e. The normalized spacial score (nSPS) is 11.7. The molecule has 6 aromatic carbocycles. The van der Waals surface area contributed by atoms with Gasteiger partial charge in [-0.2, -0.15) is 0 Å². The second-order valence-electron chi connectivity index (χ2n) is 13.0. The van der Waals surface area contributed by atoms with E-state index in [0.29, 0.717) is 11.6 Å². The van der Waals surface area contributed by atoms with Gasteiger partial charge in [0.15, 0.2) is 17.5 Å². The highest BCUT2D eigenvalue weighted by Gasteiger charge is 2.20. The molecule has 0 radical (unpaired) electrons. The Bertz CT molecular complexity index is 2710. The molecular weight excluding hydrogens is 611 g/mol. The standard InChI is InChI=1S/C39H29B5N4S/c40-32-31(33(41)35(43)36(44)34(32)42)39-46-37(20-9-2-1-3-10-20)45-38(47-39)21-17-18-24-29(19-21)49-28-16-8-15-27(30(24)28)48-25-13-6-4-11-22(25)23-12-5-7-14-26(23)48/h1-19H,40-44H2. The van der Waals surface area contributed by atoms with Gasteiger partial charge in [-0.3, -0.25) is 0 Å². The van der Waals surface area contributed by atoms with Crippen LogP contribution in [-0.4, -0.2) is 58.8 Å². The van der Waals surface area contributed by atoms with Crippen LogP contribution in [0.4, 0.5) is 0 Å². The van der Waals surface area contributed by atoms with Crippen molar-refractivity contribution in [3.8, 4) is 39.9 Å². The van der Waals surface area contributed by atoms with Gasteiger partial charge in [0.1, 0.15) is 39.2 Å². The third kappa shape index (κ3) is 4.62. The molecule has 3 aromatic heterocycles. The third-order valence-electron chi connectivity index (χ3n) is 10.4. The Hall–Kier alpha value is -5.33. The van der Waals surface area contributed by atoms with Crippen molar-refractivity contribution in [2.75, 3.05) is 0 Å². The zero-order valence-corrected chi connectivity index (χ0v) is 29.0. The molecule has 49 heavy (non-hydrogen) atoms. The number of hydrogen-bond donors (Lipinski definition) is 0. The van der Waals surface area contributed by atoms with Gasteiger partial charge in [0.25, 0.3) is 0 Å². The van der Waals surface area contributed by atoms with E-state index in [2.05, 4.69) is 141 Å². The molecule has 0 saturated heterocycles. The Kier molecular flexibility index (Phi) is 6.92. The fourth-order valence-electron chi connectivity index (χ4n) is 7.48. The Morgan fingerprint density at radius 3 is 1.69 bits per heavy atom. The lowest BCUT2D eigenvalue weighted by Gasteiger charge is -2.20. The first-order valence-corrected chi connectivity index (χ1v) is 17.5. The van der Waals surface area contributed by atoms with Crippen molar-refractivity contribution in [1.82, 2.24) is 19.5 Å². The minimum absolute atomic E-state index is 0.681. The number of hydrogen-bond acceptors (Lipinski definition) is 4. The van der Waals surface area contributed by atoms with Gasteiger partial charge in [-0.05, 0) is 30.3 Å². The van der Waals surface area contributed by atoms with Gasteiger partial charge in [0.2, 0.25) is 0 Å². The highest BCUT2D eigenvalue weighted by Crippen LogP contribution is 2.42. The quantitative estimate of drug-likeness (QED) is 0.275. The van der Waals surface area contributed by atoms with Crippen LogP contribution in [0, 0.1) is 0 Å². The van der Waals surface area contributed by atoms with Gasteiger partial charge in [0, 0.05) is 47.6 Å². The van der Waals surface area contributed by atoms with Gasteiger partial charge >= 0.3 is 0 Å². The van der Waals surface area contributed by atoms with Crippen LogP contribution >= 0.6 is 11.3 Å². The summed E-state index contributed by atoms with van der Waals surface area (Å²) in [5.74, 6) is 2.08. The lowest BCUT2D eigenvalue weighted by molar-refractivity contribution is 1.08. The maximum absolute atomic E-state index is 5.20. The van der Waals surface area contributed by atoms with Crippen LogP contribution in [0.1, 0.15) is 0 Å². The van der Waals surface area contributed by atoms with Crippen molar-refractivity contribution in [2.45, 2.75) is 0 Å². The molecular formula is C39H29B5N4S. The predicted octanol–water partition coefficient (Wildman–Crippen LogP) is 1.63. The lowest BCUT2D eigenvalue weighted by atomic mass is 9.60. The Labute approximate surface area is 293 Å². The van der Waals surface area contributed by atoms with E-state index >= 15 is 0 Å². The van der Waals surface area contributed by atoms with Gasteiger partial charge < -0.3 is 4.57 Å². The van der Waals surface area contributed by atoms with Crippen LogP contribution in [-0.2, 0) is 0 Å². The summed E-state index contributed by atoms with van der Waals surface area (Å²) in [5, 5.41) is 5.02. The molecule has 0 unspecified atom stereocenters. The molecule has 4 nitrogen and oxygen atoms in total. The molecule has 0 atom stereocenters. The molecule has 0 fully saturated rings. The molecule has 0 saturated carbocycles. The van der Waals surface area contributed by atoms with E-state index in [4.69, 9.17) is 15.0 Å². The Morgan fingerprint density at radius 2 is 1.02 bits per heavy atom. The van der Waals surface area contributed by atoms with E-state index in [1.807, 2.05) is 29.5 Å². The second-order valence-corrected chi connectivity index (χ2v) is 14.1. The second kappa shape index (κ2) is 11.4. The van der Waals surface area contributed by atoms with Crippen molar-refractivity contribution in [1.29, 1.82) is 0 Å². The molecule has 0 N–H and O–H groups in total. The molecule has 3 heterocycles. The van der Waals surface area contributed by atoms with E-state index in [9.17, 15) is 0 Å². The monoisotopic (exact) mass is 640 g/mol. The Balaban J connectivity index is 1.27. The minimum Gasteiger partial charge on any atom is -0.309 e. The van der Waals surface area contributed by atoms with Crippen LogP contribution < -0.4 is 27.3 Å². The molecule has 226 valence electrons. The summed E-state index contributed by atoms with van der Waals surface area (Å²) < 4.78 is 4.89. The summed E-state index contributed by atoms with van der Waals surface area (Å²) in [5.41, 5.74) is 13.0. The summed E-state index contributed by atoms with van der Waals surface area (Å²) in [6, 6.07) is 41.0. The van der Waals surface area contributed by atoms with Crippen LogP contribution in [0.3, 0.4) is 0 Å². The summed E-state index contributed by atoms with van der Waals surface area (Å²) in [4.78, 5) is 15.4. The van der Waals surface area contributed by atoms with E-state index in [1.165, 1.54) is 75.0 Å². The maximum atomic E-state index is 5.20. The summed E-state index contributed by atoms with van der Waals surface area (Å²) in [6.45, 7) is 0. The number of para-hydroxylation sites is 2. The van der Waals surface area contributed by atoms with E-state index in [0.717, 1.165) is 22.5 Å². The minimum atomic E-state index is 0.681. The molecule has 0 aliphatic carbocycles. The van der Waals surface area contributed by atoms with Gasteiger partial charge in [-0.1, -0.05) is 95.9 Å². The van der Waals surface area contributed by atoms with Crippen LogP contribution in [0.5, 0.6) is 0 Å². The number of thiophene rings is 1. The summed E-state index contributed by atoms with van der Waals surface area (Å²) in [6.07, 6.45) is 0. The van der Waals surface area contributed by atoms with Crippen molar-refractivity contribution >= 4 is 120 Å². The number of rotatable bonds is 4. The molecule has 9 rings (SSSR count). The van der Waals surface area contributed by atoms with E-state index in [-0.39, 0.29) is 0 Å². The van der Waals surface area contributed by atoms with Crippen LogP contribution in [0.2, 0.25) is 0 Å². The van der Waals surface area contributed by atoms with Gasteiger partial charge in [0.05, 0.1) is 16.7 Å². The molecule has 0 amide bonds. The fraction of sp³-hybridized carbons (Fsp3) is 0. The highest BCUT2D eigenvalue weighted by molar-refractivity contribution is 7.26. The topological polar surface area (TPSA) is 43.6 Å². The highest BCUT2D eigenvalue weighted by atomic mass is 32.1. The molecule has 0 bridgehead atoms. The lowest BCUT2D eigenvalue weighted by Crippen LogP contribution is -2.55. The van der Waals surface area contributed by atoms with Gasteiger partial charge in [-0.15, -0.1) is 27.7 Å². The third-order valence-corrected chi connectivity index (χ3v) is 11.6. The van der Waals surface area contributed by atoms with Crippen molar-refractivity contribution in [3.63, 3.8) is 0 Å². The fourth-order valence-corrected chi connectivity index (χ4v) is 8.65. The number of fused-ring (bicyclic) bond motifs is 6. The zero-order valence-electron chi connectivity index (χ0n) is 28.2. The molecule has 0 aliphatic heterocycles. The van der Waals surface area contributed by atoms with E-state index in [1.54, 1.807) is 0 Å². The molecule has 10 heteroatoms. The summed E-state index contributed by atoms with van der Waals surface area (Å²) in [7, 11) is 11.0. The predicted molar refractivity (Wildman–Crippen MR) is 224 cm³/mol. The SMILES string of the molecule is Bc1c(B)c(B)c(-c2nc(-c3ccccc3)nc(-c3ccc4c(c3)sc3cccc(-n5c6ccccc6c6ccccc65)c34)n2)c(B)c1B. The summed E-state index contributed by atoms with van der Waals surface area (Å²) >= 11 is 1.82. The van der Waals surface area contributed by atoms with Crippen molar-refractivity contribution in [2.24, 2.45) is 0 Å². The van der Waals surface area contributed by atoms with Crippen LogP contribution in [0.25, 0.3) is 81.8 Å². The molecule has 0 spiro atoms. The first-order valence-electron chi connectivity index (χ1n) is 16.7. The smallest absolute Gasteiger partial charge is 0.164 e. The Morgan fingerprint density at radius 1 is 0.449 bits per heavy atom. The number of aromatic nitrogens is 4. The average molecular weight is 640 g/mol. The number of benzene rings is 6. The zero-order chi connectivity index (χ0) is 33.4.